The van der Waals surface area contributed by atoms with E-state index in [4.69, 9.17) is 9.97 Å². The largest absolute Gasteiger partial charge is 0.332 e. The highest BCUT2D eigenvalue weighted by atomic mass is 15.4. The molecule has 5 heteroatoms. The summed E-state index contributed by atoms with van der Waals surface area (Å²) in [7, 11) is 0. The van der Waals surface area contributed by atoms with Crippen LogP contribution >= 0.6 is 0 Å². The Labute approximate surface area is 190 Å². The van der Waals surface area contributed by atoms with Gasteiger partial charge in [0.15, 0.2) is 0 Å². The molecule has 1 saturated carbocycles. The Hall–Kier alpha value is -1.20. The van der Waals surface area contributed by atoms with Gasteiger partial charge in [0.05, 0.1) is 0 Å². The third-order valence-electron chi connectivity index (χ3n) is 8.22. The normalized spacial score (nSPS) is 28.6. The molecule has 2 bridgehead atoms. The zero-order valence-corrected chi connectivity index (χ0v) is 20.5. The Bertz CT molecular complexity index is 647. The number of rotatable bonds is 4. The third-order valence-corrected chi connectivity index (χ3v) is 8.22. The van der Waals surface area contributed by atoms with Gasteiger partial charge in [-0.15, -0.1) is 0 Å². The summed E-state index contributed by atoms with van der Waals surface area (Å²) in [5.74, 6) is 1.63. The Balaban J connectivity index is 0.00000112. The minimum Gasteiger partial charge on any atom is -0.332 e. The molecule has 31 heavy (non-hydrogen) atoms. The van der Waals surface area contributed by atoms with E-state index in [1.807, 2.05) is 13.8 Å². The fraction of sp³-hybridized carbons (Fsp3) is 0.846. The van der Waals surface area contributed by atoms with Crippen LogP contribution in [0.3, 0.4) is 0 Å². The van der Waals surface area contributed by atoms with Gasteiger partial charge in [-0.25, -0.2) is 9.97 Å². The van der Waals surface area contributed by atoms with Crippen molar-refractivity contribution < 1.29 is 0 Å². The summed E-state index contributed by atoms with van der Waals surface area (Å²) in [5, 5.41) is 0. The second-order valence-corrected chi connectivity index (χ2v) is 10.3. The molecule has 1 aromatic rings. The average Bonchev–Trinajstić information content (AvgIpc) is 3.10. The lowest BCUT2D eigenvalue weighted by Crippen LogP contribution is -2.56. The maximum Gasteiger partial charge on any atom is 0.225 e. The van der Waals surface area contributed by atoms with Gasteiger partial charge in [0.25, 0.3) is 0 Å². The zero-order chi connectivity index (χ0) is 21.8. The lowest BCUT2D eigenvalue weighted by molar-refractivity contribution is 0.122. The molecule has 4 fully saturated rings. The maximum atomic E-state index is 4.88. The van der Waals surface area contributed by atoms with Crippen LogP contribution in [0.5, 0.6) is 0 Å². The summed E-state index contributed by atoms with van der Waals surface area (Å²) < 4.78 is 0. The highest BCUT2D eigenvalue weighted by Crippen LogP contribution is 2.35. The van der Waals surface area contributed by atoms with Gasteiger partial charge in [-0.1, -0.05) is 33.1 Å². The molecule has 0 spiro atoms. The molecule has 4 aliphatic rings. The van der Waals surface area contributed by atoms with Gasteiger partial charge in [0.2, 0.25) is 5.95 Å². The van der Waals surface area contributed by atoms with Gasteiger partial charge in [-0.2, -0.15) is 0 Å². The summed E-state index contributed by atoms with van der Waals surface area (Å²) in [6.07, 6.45) is 16.6. The van der Waals surface area contributed by atoms with E-state index >= 15 is 0 Å². The van der Waals surface area contributed by atoms with Crippen molar-refractivity contribution >= 4 is 5.95 Å². The lowest BCUT2D eigenvalue weighted by atomic mass is 9.88. The van der Waals surface area contributed by atoms with E-state index in [0.29, 0.717) is 24.0 Å². The minimum atomic E-state index is 0.598. The average molecular weight is 428 g/mol. The van der Waals surface area contributed by atoms with Crippen LogP contribution in [0.1, 0.15) is 97.0 Å². The van der Waals surface area contributed by atoms with E-state index in [1.54, 1.807) is 0 Å². The first-order chi connectivity index (χ1) is 15.2. The van der Waals surface area contributed by atoms with Crippen LogP contribution < -0.4 is 4.90 Å². The van der Waals surface area contributed by atoms with Crippen LogP contribution in [0.25, 0.3) is 0 Å². The van der Waals surface area contributed by atoms with E-state index in [2.05, 4.69) is 40.9 Å². The quantitative estimate of drug-likeness (QED) is 0.670. The van der Waals surface area contributed by atoms with Gasteiger partial charge in [-0.05, 0) is 76.9 Å². The predicted octanol–water partition coefficient (Wildman–Crippen LogP) is 5.08. The lowest BCUT2D eigenvalue weighted by Gasteiger charge is -2.43. The summed E-state index contributed by atoms with van der Waals surface area (Å²) in [4.78, 5) is 17.7. The summed E-state index contributed by atoms with van der Waals surface area (Å²) in [6, 6.07) is 2.70. The van der Waals surface area contributed by atoms with Crippen molar-refractivity contribution in [1.29, 1.82) is 0 Å². The summed E-state index contributed by atoms with van der Waals surface area (Å²) >= 11 is 0. The number of piperidine rings is 1. The van der Waals surface area contributed by atoms with E-state index in [-0.39, 0.29) is 0 Å². The van der Waals surface area contributed by atoms with Crippen LogP contribution in [0, 0.1) is 0 Å². The highest BCUT2D eigenvalue weighted by Gasteiger charge is 2.41. The van der Waals surface area contributed by atoms with E-state index in [0.717, 1.165) is 12.0 Å². The molecule has 1 aliphatic carbocycles. The van der Waals surface area contributed by atoms with Crippen molar-refractivity contribution in [3.8, 4) is 0 Å². The first kappa shape index (κ1) is 23.0. The van der Waals surface area contributed by atoms with Gasteiger partial charge in [0.1, 0.15) is 0 Å². The van der Waals surface area contributed by atoms with Crippen LogP contribution in [0.4, 0.5) is 5.95 Å². The third kappa shape index (κ3) is 5.08. The van der Waals surface area contributed by atoms with Crippen molar-refractivity contribution in [3.63, 3.8) is 0 Å². The zero-order valence-electron chi connectivity index (χ0n) is 20.5. The number of piperazine rings is 1. The van der Waals surface area contributed by atoms with Crippen molar-refractivity contribution in [2.75, 3.05) is 31.1 Å². The standard InChI is InChI=1S/C24H39N5.C2H6/c1-18(2)28-16-22-8-9-23(17-28)29(22)24-25-14-20(15-26-24)19-10-12-27(13-11-19)21-6-4-3-5-7-21;1-2/h14-15,18-19,21-23H,3-13,16-17H2,1-2H3;1-2H3. The van der Waals surface area contributed by atoms with Crippen LogP contribution in [0.15, 0.2) is 12.4 Å². The SMILES string of the molecule is CC.CC(C)N1CC2CCC(C1)N2c1ncc(C2CCN(C3CCCCC3)CC2)cn1. The molecule has 1 aromatic heterocycles. The number of nitrogens with zero attached hydrogens (tertiary/aromatic N) is 5. The first-order valence-electron chi connectivity index (χ1n) is 13.3. The van der Waals surface area contributed by atoms with E-state index in [9.17, 15) is 0 Å². The fourth-order valence-corrected chi connectivity index (χ4v) is 6.40. The smallest absolute Gasteiger partial charge is 0.225 e. The molecule has 3 aliphatic heterocycles. The predicted molar refractivity (Wildman–Crippen MR) is 130 cm³/mol. The number of fused-ring (bicyclic) bond motifs is 2. The van der Waals surface area contributed by atoms with Crippen molar-refractivity contribution in [3.05, 3.63) is 18.0 Å². The number of aromatic nitrogens is 2. The molecule has 5 nitrogen and oxygen atoms in total. The first-order valence-corrected chi connectivity index (χ1v) is 13.3. The molecule has 3 saturated heterocycles. The Morgan fingerprint density at radius 3 is 1.90 bits per heavy atom. The number of anilines is 1. The van der Waals surface area contributed by atoms with Crippen molar-refractivity contribution in [2.24, 2.45) is 0 Å². The van der Waals surface area contributed by atoms with Gasteiger partial charge >= 0.3 is 0 Å². The molecular weight excluding hydrogens is 382 g/mol. The van der Waals surface area contributed by atoms with E-state index < -0.39 is 0 Å². The van der Waals surface area contributed by atoms with Crippen LogP contribution in [0.2, 0.25) is 0 Å². The molecule has 0 radical (unpaired) electrons. The summed E-state index contributed by atoms with van der Waals surface area (Å²) in [5.41, 5.74) is 1.37. The van der Waals surface area contributed by atoms with Crippen molar-refractivity contribution in [1.82, 2.24) is 19.8 Å². The molecule has 0 aromatic carbocycles. The highest BCUT2D eigenvalue weighted by molar-refractivity contribution is 5.38. The molecule has 0 N–H and O–H groups in total. The molecule has 2 atom stereocenters. The second kappa shape index (κ2) is 10.6. The fourth-order valence-electron chi connectivity index (χ4n) is 6.40. The van der Waals surface area contributed by atoms with Crippen LogP contribution in [-0.2, 0) is 0 Å². The van der Waals surface area contributed by atoms with Gasteiger partial charge in [0, 0.05) is 49.7 Å². The van der Waals surface area contributed by atoms with Gasteiger partial charge in [-0.3, -0.25) is 4.90 Å². The molecule has 4 heterocycles. The topological polar surface area (TPSA) is 35.5 Å². The maximum absolute atomic E-state index is 4.88. The molecule has 2 unspecified atom stereocenters. The van der Waals surface area contributed by atoms with Crippen LogP contribution in [-0.4, -0.2) is 70.1 Å². The molecular formula is C26H45N5. The molecule has 5 rings (SSSR count). The van der Waals surface area contributed by atoms with E-state index in [1.165, 1.54) is 89.5 Å². The monoisotopic (exact) mass is 427 g/mol. The van der Waals surface area contributed by atoms with Gasteiger partial charge < -0.3 is 9.80 Å². The molecule has 0 amide bonds. The summed E-state index contributed by atoms with van der Waals surface area (Å²) in [6.45, 7) is 13.5. The Morgan fingerprint density at radius 1 is 0.774 bits per heavy atom. The number of hydrogen-bond acceptors (Lipinski definition) is 5. The number of hydrogen-bond donors (Lipinski definition) is 0. The minimum absolute atomic E-state index is 0.598. The Morgan fingerprint density at radius 2 is 1.35 bits per heavy atom. The van der Waals surface area contributed by atoms with Crippen molar-refractivity contribution in [2.45, 2.75) is 116 Å². The number of likely N-dealkylation sites (tertiary alicyclic amines) is 2. The Kier molecular flexibility index (Phi) is 7.86. The molecule has 174 valence electrons. The second-order valence-electron chi connectivity index (χ2n) is 10.3.